The zero-order valence-electron chi connectivity index (χ0n) is 11.6. The second-order valence-electron chi connectivity index (χ2n) is 5.44. The van der Waals surface area contributed by atoms with Gasteiger partial charge in [0.25, 0.3) is 0 Å². The Hall–Kier alpha value is -0.550. The highest BCUT2D eigenvalue weighted by Crippen LogP contribution is 2.28. The predicted octanol–water partition coefficient (Wildman–Crippen LogP) is 2.31. The van der Waals surface area contributed by atoms with E-state index in [1.54, 1.807) is 6.33 Å². The molecule has 102 valence electrons. The van der Waals surface area contributed by atoms with Crippen LogP contribution in [-0.2, 0) is 13.1 Å². The Labute approximate surface area is 114 Å². The monoisotopic (exact) mass is 268 g/mol. The second-order valence-corrected chi connectivity index (χ2v) is 6.52. The number of aromatic nitrogens is 3. The van der Waals surface area contributed by atoms with Gasteiger partial charge in [-0.1, -0.05) is 20.3 Å². The van der Waals surface area contributed by atoms with E-state index in [-0.39, 0.29) is 0 Å². The summed E-state index contributed by atoms with van der Waals surface area (Å²) in [5, 5.41) is 8.73. The van der Waals surface area contributed by atoms with Crippen molar-refractivity contribution in [1.29, 1.82) is 0 Å². The molecule has 1 heterocycles. The summed E-state index contributed by atoms with van der Waals surface area (Å²) in [6.45, 7) is 6.21. The Morgan fingerprint density at radius 2 is 2.33 bits per heavy atom. The molecule has 0 bridgehead atoms. The molecule has 1 saturated carbocycles. The van der Waals surface area contributed by atoms with Crippen LogP contribution in [-0.4, -0.2) is 32.3 Å². The molecule has 1 aromatic rings. The first-order valence-electron chi connectivity index (χ1n) is 6.83. The van der Waals surface area contributed by atoms with Crippen molar-refractivity contribution in [1.82, 2.24) is 20.1 Å². The minimum atomic E-state index is 0.607. The molecular formula is C13H24N4S. The van der Waals surface area contributed by atoms with Gasteiger partial charge in [-0.15, -0.1) is 0 Å². The number of rotatable bonds is 6. The van der Waals surface area contributed by atoms with Crippen LogP contribution in [0.1, 0.15) is 38.9 Å². The van der Waals surface area contributed by atoms with Crippen molar-refractivity contribution >= 4 is 11.8 Å². The van der Waals surface area contributed by atoms with E-state index in [0.717, 1.165) is 24.2 Å². The van der Waals surface area contributed by atoms with Crippen LogP contribution >= 0.6 is 11.8 Å². The van der Waals surface area contributed by atoms with Crippen LogP contribution in [0, 0.1) is 5.92 Å². The molecule has 1 aromatic heterocycles. The summed E-state index contributed by atoms with van der Waals surface area (Å²) in [4.78, 5) is 4.36. The molecule has 1 N–H and O–H groups in total. The van der Waals surface area contributed by atoms with Crippen molar-refractivity contribution in [3.63, 3.8) is 0 Å². The van der Waals surface area contributed by atoms with E-state index in [0.29, 0.717) is 12.0 Å². The molecule has 0 spiro atoms. The van der Waals surface area contributed by atoms with E-state index in [1.165, 1.54) is 19.3 Å². The van der Waals surface area contributed by atoms with Gasteiger partial charge in [0.05, 0.1) is 6.54 Å². The largest absolute Gasteiger partial charge is 0.306 e. The minimum absolute atomic E-state index is 0.607. The van der Waals surface area contributed by atoms with Gasteiger partial charge in [0.15, 0.2) is 0 Å². The topological polar surface area (TPSA) is 42.7 Å². The summed E-state index contributed by atoms with van der Waals surface area (Å²) >= 11 is 1.99. The predicted molar refractivity (Wildman–Crippen MR) is 76.6 cm³/mol. The van der Waals surface area contributed by atoms with Crippen LogP contribution in [0.15, 0.2) is 6.33 Å². The van der Waals surface area contributed by atoms with Crippen LogP contribution in [0.4, 0.5) is 0 Å². The van der Waals surface area contributed by atoms with Gasteiger partial charge in [-0.3, -0.25) is 0 Å². The molecule has 2 atom stereocenters. The molecule has 1 fully saturated rings. The fraction of sp³-hybridized carbons (Fsp3) is 0.846. The molecular weight excluding hydrogens is 244 g/mol. The molecule has 0 saturated heterocycles. The van der Waals surface area contributed by atoms with E-state index in [1.807, 2.05) is 16.4 Å². The van der Waals surface area contributed by atoms with E-state index in [9.17, 15) is 0 Å². The molecule has 5 heteroatoms. The molecule has 2 unspecified atom stereocenters. The number of thioether (sulfide) groups is 1. The smallest absolute Gasteiger partial charge is 0.140 e. The van der Waals surface area contributed by atoms with Gasteiger partial charge in [0.1, 0.15) is 12.2 Å². The van der Waals surface area contributed by atoms with E-state index in [4.69, 9.17) is 0 Å². The summed E-state index contributed by atoms with van der Waals surface area (Å²) in [5.41, 5.74) is 0. The first kappa shape index (κ1) is 13.9. The number of hydrogen-bond acceptors (Lipinski definition) is 4. The Morgan fingerprint density at radius 1 is 1.50 bits per heavy atom. The molecule has 0 aliphatic heterocycles. The molecule has 4 nitrogen and oxygen atoms in total. The molecule has 1 aliphatic carbocycles. The van der Waals surface area contributed by atoms with Gasteiger partial charge in [-0.05, 0) is 25.0 Å². The van der Waals surface area contributed by atoms with Gasteiger partial charge < -0.3 is 5.32 Å². The van der Waals surface area contributed by atoms with Crippen molar-refractivity contribution in [3.8, 4) is 0 Å². The zero-order valence-corrected chi connectivity index (χ0v) is 12.4. The van der Waals surface area contributed by atoms with E-state index < -0.39 is 0 Å². The first-order valence-corrected chi connectivity index (χ1v) is 8.12. The first-order chi connectivity index (χ1) is 8.70. The lowest BCUT2D eigenvalue weighted by Gasteiger charge is -2.19. The number of hydrogen-bond donors (Lipinski definition) is 1. The zero-order chi connectivity index (χ0) is 13.0. The van der Waals surface area contributed by atoms with Crippen LogP contribution in [0.2, 0.25) is 0 Å². The van der Waals surface area contributed by atoms with Crippen LogP contribution in [0.25, 0.3) is 0 Å². The Bertz CT molecular complexity index is 364. The van der Waals surface area contributed by atoms with Gasteiger partial charge in [-0.2, -0.15) is 16.9 Å². The summed E-state index contributed by atoms with van der Waals surface area (Å²) in [5.74, 6) is 1.67. The van der Waals surface area contributed by atoms with Crippen LogP contribution in [0.5, 0.6) is 0 Å². The maximum atomic E-state index is 4.36. The molecule has 0 radical (unpaired) electrons. The Kier molecular flexibility index (Phi) is 5.06. The molecule has 2 rings (SSSR count). The lowest BCUT2D eigenvalue weighted by molar-refractivity contribution is 0.444. The van der Waals surface area contributed by atoms with Crippen molar-refractivity contribution < 1.29 is 0 Å². The van der Waals surface area contributed by atoms with Gasteiger partial charge >= 0.3 is 0 Å². The average Bonchev–Trinajstić information content (AvgIpc) is 2.94. The van der Waals surface area contributed by atoms with E-state index in [2.05, 4.69) is 35.5 Å². The maximum Gasteiger partial charge on any atom is 0.140 e. The number of nitrogens with zero attached hydrogens (tertiary/aromatic N) is 3. The maximum absolute atomic E-state index is 4.36. The lowest BCUT2D eigenvalue weighted by Crippen LogP contribution is -2.34. The molecule has 0 aromatic carbocycles. The third-order valence-corrected chi connectivity index (χ3v) is 4.68. The SMILES string of the molecule is CSC1CCCC1NCc1ncnn1CC(C)C. The van der Waals surface area contributed by atoms with Gasteiger partial charge in [-0.25, -0.2) is 9.67 Å². The Balaban J connectivity index is 1.88. The average molecular weight is 268 g/mol. The van der Waals surface area contributed by atoms with Crippen molar-refractivity contribution in [2.75, 3.05) is 6.26 Å². The van der Waals surface area contributed by atoms with Crippen molar-refractivity contribution in [3.05, 3.63) is 12.2 Å². The molecule has 18 heavy (non-hydrogen) atoms. The highest BCUT2D eigenvalue weighted by Gasteiger charge is 2.26. The normalized spacial score (nSPS) is 24.0. The van der Waals surface area contributed by atoms with Crippen molar-refractivity contribution in [2.24, 2.45) is 5.92 Å². The van der Waals surface area contributed by atoms with Crippen LogP contribution in [0.3, 0.4) is 0 Å². The summed E-state index contributed by atoms with van der Waals surface area (Å²) < 4.78 is 2.03. The fourth-order valence-corrected chi connectivity index (χ4v) is 3.55. The third-order valence-electron chi connectivity index (χ3n) is 3.51. The summed E-state index contributed by atoms with van der Waals surface area (Å²) in [6.07, 6.45) is 7.87. The lowest BCUT2D eigenvalue weighted by atomic mass is 10.2. The minimum Gasteiger partial charge on any atom is -0.306 e. The fourth-order valence-electron chi connectivity index (χ4n) is 2.59. The van der Waals surface area contributed by atoms with Crippen LogP contribution < -0.4 is 5.32 Å². The highest BCUT2D eigenvalue weighted by molar-refractivity contribution is 7.99. The summed E-state index contributed by atoms with van der Waals surface area (Å²) in [7, 11) is 0. The van der Waals surface area contributed by atoms with Gasteiger partial charge in [0, 0.05) is 17.8 Å². The Morgan fingerprint density at radius 3 is 3.06 bits per heavy atom. The third kappa shape index (κ3) is 3.48. The van der Waals surface area contributed by atoms with E-state index >= 15 is 0 Å². The summed E-state index contributed by atoms with van der Waals surface area (Å²) in [6, 6.07) is 0.643. The second kappa shape index (κ2) is 6.57. The molecule has 0 amide bonds. The molecule has 1 aliphatic rings. The highest BCUT2D eigenvalue weighted by atomic mass is 32.2. The van der Waals surface area contributed by atoms with Crippen molar-refractivity contribution in [2.45, 2.75) is 57.5 Å². The standard InChI is InChI=1S/C13H24N4S/c1-10(2)8-17-13(15-9-16-17)7-14-11-5-4-6-12(11)18-3/h9-12,14H,4-8H2,1-3H3. The quantitative estimate of drug-likeness (QED) is 0.860. The van der Waals surface area contributed by atoms with Gasteiger partial charge in [0.2, 0.25) is 0 Å². The number of nitrogens with one attached hydrogen (secondary N) is 1.